The third-order valence-electron chi connectivity index (χ3n) is 3.89. The van der Waals surface area contributed by atoms with Crippen LogP contribution in [-0.4, -0.2) is 32.0 Å². The van der Waals surface area contributed by atoms with Crippen LogP contribution < -0.4 is 16.0 Å². The second-order valence-corrected chi connectivity index (χ2v) is 5.77. The zero-order chi connectivity index (χ0) is 17.2. The first-order valence-corrected chi connectivity index (χ1v) is 8.35. The van der Waals surface area contributed by atoms with Gasteiger partial charge in [0, 0.05) is 19.3 Å². The van der Waals surface area contributed by atoms with Crippen molar-refractivity contribution in [3.05, 3.63) is 41.7 Å². The summed E-state index contributed by atoms with van der Waals surface area (Å²) in [5.41, 5.74) is 2.06. The van der Waals surface area contributed by atoms with Crippen LogP contribution in [0.5, 0.6) is 0 Å². The smallest absolute Gasteiger partial charge is 0.243 e. The van der Waals surface area contributed by atoms with E-state index in [-0.39, 0.29) is 18.3 Å². The molecule has 1 aliphatic rings. The minimum Gasteiger partial charge on any atom is -0.356 e. The molecule has 0 atom stereocenters. The van der Waals surface area contributed by atoms with E-state index in [0.717, 1.165) is 13.0 Å². The first-order valence-electron chi connectivity index (χ1n) is 8.35. The van der Waals surface area contributed by atoms with Crippen molar-refractivity contribution in [3.8, 4) is 0 Å². The second-order valence-electron chi connectivity index (χ2n) is 5.77. The summed E-state index contributed by atoms with van der Waals surface area (Å²) in [7, 11) is 1.67. The highest BCUT2D eigenvalue weighted by Crippen LogP contribution is 2.19. The lowest BCUT2D eigenvalue weighted by atomic mass is 9.97. The minimum atomic E-state index is -0.330. The molecular weight excluding hydrogens is 307 g/mol. The highest BCUT2D eigenvalue weighted by molar-refractivity contribution is 5.94. The van der Waals surface area contributed by atoms with Crippen LogP contribution in [0.3, 0.4) is 0 Å². The van der Waals surface area contributed by atoms with Crippen LogP contribution in [0.1, 0.15) is 32.1 Å². The quantitative estimate of drug-likeness (QED) is 0.426. The molecule has 1 aromatic carbocycles. The molecule has 0 spiro atoms. The van der Waals surface area contributed by atoms with E-state index in [2.05, 4.69) is 27.0 Å². The Morgan fingerprint density at radius 3 is 2.67 bits per heavy atom. The molecule has 24 heavy (non-hydrogen) atoms. The van der Waals surface area contributed by atoms with E-state index in [1.165, 1.54) is 55.5 Å². The van der Waals surface area contributed by atoms with Gasteiger partial charge in [-0.15, -0.1) is 0 Å². The standard InChI is InChI=1S/C18H25FN4O/c1-20-18(21-12-11-14-5-3-2-4-6-14)22-13-17(24)23-16-9-7-15(19)8-10-16/h5,7-10H,2-4,6,11-13H2,1H3,(H,23,24)(H2,20,21,22). The van der Waals surface area contributed by atoms with Crippen LogP contribution in [0.25, 0.3) is 0 Å². The molecule has 0 fully saturated rings. The fraction of sp³-hybridized carbons (Fsp3) is 0.444. The number of aliphatic imine (C=N–C) groups is 1. The third-order valence-corrected chi connectivity index (χ3v) is 3.89. The molecule has 1 aliphatic carbocycles. The molecule has 0 saturated heterocycles. The summed E-state index contributed by atoms with van der Waals surface area (Å²) >= 11 is 0. The van der Waals surface area contributed by atoms with Crippen LogP contribution in [0.2, 0.25) is 0 Å². The van der Waals surface area contributed by atoms with Gasteiger partial charge in [0.15, 0.2) is 5.96 Å². The number of halogens is 1. The number of benzene rings is 1. The predicted octanol–water partition coefficient (Wildman–Crippen LogP) is 2.82. The zero-order valence-corrected chi connectivity index (χ0v) is 14.1. The van der Waals surface area contributed by atoms with Crippen molar-refractivity contribution in [3.63, 3.8) is 0 Å². The highest BCUT2D eigenvalue weighted by Gasteiger charge is 2.06. The molecule has 0 heterocycles. The first-order chi connectivity index (χ1) is 11.7. The molecule has 0 aliphatic heterocycles. The van der Waals surface area contributed by atoms with Gasteiger partial charge in [0.05, 0.1) is 6.54 Å². The first kappa shape index (κ1) is 18.0. The second kappa shape index (κ2) is 9.70. The number of nitrogens with zero attached hydrogens (tertiary/aromatic N) is 1. The van der Waals surface area contributed by atoms with Crippen molar-refractivity contribution in [2.75, 3.05) is 25.5 Å². The number of hydrogen-bond donors (Lipinski definition) is 3. The lowest BCUT2D eigenvalue weighted by molar-refractivity contribution is -0.115. The molecule has 0 bridgehead atoms. The van der Waals surface area contributed by atoms with Crippen LogP contribution in [0.4, 0.5) is 10.1 Å². The lowest BCUT2D eigenvalue weighted by Crippen LogP contribution is -2.41. The molecule has 130 valence electrons. The summed E-state index contributed by atoms with van der Waals surface area (Å²) < 4.78 is 12.8. The number of hydrogen-bond acceptors (Lipinski definition) is 2. The van der Waals surface area contributed by atoms with Gasteiger partial charge in [-0.1, -0.05) is 11.6 Å². The number of carbonyl (C=O) groups excluding carboxylic acids is 1. The SMILES string of the molecule is CN=C(NCCC1=CCCCC1)NCC(=O)Nc1ccc(F)cc1. The van der Waals surface area contributed by atoms with E-state index in [0.29, 0.717) is 11.6 Å². The third kappa shape index (κ3) is 6.40. The Labute approximate surface area is 142 Å². The summed E-state index contributed by atoms with van der Waals surface area (Å²) in [4.78, 5) is 16.0. The molecule has 1 aromatic rings. The fourth-order valence-corrected chi connectivity index (χ4v) is 2.60. The summed E-state index contributed by atoms with van der Waals surface area (Å²) in [6, 6.07) is 5.67. The largest absolute Gasteiger partial charge is 0.356 e. The predicted molar refractivity (Wildman–Crippen MR) is 95.6 cm³/mol. The maximum atomic E-state index is 12.8. The summed E-state index contributed by atoms with van der Waals surface area (Å²) in [5.74, 6) is 0.0593. The minimum absolute atomic E-state index is 0.0970. The Balaban J connectivity index is 1.67. The van der Waals surface area contributed by atoms with E-state index >= 15 is 0 Å². The molecule has 5 nitrogen and oxygen atoms in total. The molecule has 1 amide bonds. The summed E-state index contributed by atoms with van der Waals surface area (Å²) in [5, 5.41) is 8.88. The monoisotopic (exact) mass is 332 g/mol. The van der Waals surface area contributed by atoms with E-state index in [4.69, 9.17) is 0 Å². The Bertz CT molecular complexity index is 596. The van der Waals surface area contributed by atoms with Gasteiger partial charge in [-0.05, 0) is 56.4 Å². The van der Waals surface area contributed by atoms with E-state index in [1.54, 1.807) is 7.05 Å². The number of allylic oxidation sites excluding steroid dienone is 1. The van der Waals surface area contributed by atoms with Crippen LogP contribution in [0.15, 0.2) is 40.9 Å². The number of anilines is 1. The number of guanidine groups is 1. The Morgan fingerprint density at radius 2 is 2.00 bits per heavy atom. The molecule has 2 rings (SSSR count). The Kier molecular flexibility index (Phi) is 7.26. The number of carbonyl (C=O) groups is 1. The van der Waals surface area contributed by atoms with Crippen molar-refractivity contribution in [1.29, 1.82) is 0 Å². The molecule has 3 N–H and O–H groups in total. The average Bonchev–Trinajstić information content (AvgIpc) is 2.61. The van der Waals surface area contributed by atoms with E-state index in [9.17, 15) is 9.18 Å². The zero-order valence-electron chi connectivity index (χ0n) is 14.1. The molecule has 0 saturated carbocycles. The van der Waals surface area contributed by atoms with Crippen molar-refractivity contribution >= 4 is 17.6 Å². The van der Waals surface area contributed by atoms with Crippen molar-refractivity contribution < 1.29 is 9.18 Å². The molecule has 6 heteroatoms. The normalized spacial score (nSPS) is 14.8. The van der Waals surface area contributed by atoms with Crippen LogP contribution >= 0.6 is 0 Å². The van der Waals surface area contributed by atoms with Gasteiger partial charge in [-0.25, -0.2) is 4.39 Å². The van der Waals surface area contributed by atoms with Crippen molar-refractivity contribution in [2.24, 2.45) is 4.99 Å². The Morgan fingerprint density at radius 1 is 1.21 bits per heavy atom. The van der Waals surface area contributed by atoms with Gasteiger partial charge >= 0.3 is 0 Å². The summed E-state index contributed by atoms with van der Waals surface area (Å²) in [6.07, 6.45) is 8.28. The van der Waals surface area contributed by atoms with Gasteiger partial charge in [0.2, 0.25) is 5.91 Å². The number of amides is 1. The topological polar surface area (TPSA) is 65.5 Å². The average molecular weight is 332 g/mol. The maximum absolute atomic E-state index is 12.8. The molecule has 0 aromatic heterocycles. The highest BCUT2D eigenvalue weighted by atomic mass is 19.1. The van der Waals surface area contributed by atoms with Crippen molar-refractivity contribution in [2.45, 2.75) is 32.1 Å². The molecule has 0 radical (unpaired) electrons. The number of rotatable bonds is 6. The Hall–Kier alpha value is -2.37. The lowest BCUT2D eigenvalue weighted by Gasteiger charge is -2.15. The number of nitrogens with one attached hydrogen (secondary N) is 3. The maximum Gasteiger partial charge on any atom is 0.243 e. The van der Waals surface area contributed by atoms with Gasteiger partial charge in [-0.3, -0.25) is 9.79 Å². The van der Waals surface area contributed by atoms with Crippen LogP contribution in [0, 0.1) is 5.82 Å². The van der Waals surface area contributed by atoms with Gasteiger partial charge < -0.3 is 16.0 Å². The van der Waals surface area contributed by atoms with Crippen LogP contribution in [-0.2, 0) is 4.79 Å². The fourth-order valence-electron chi connectivity index (χ4n) is 2.60. The molecule has 0 unspecified atom stereocenters. The summed E-state index contributed by atoms with van der Waals surface area (Å²) in [6.45, 7) is 0.894. The van der Waals surface area contributed by atoms with Gasteiger partial charge in [0.1, 0.15) is 5.82 Å². The van der Waals surface area contributed by atoms with E-state index in [1.807, 2.05) is 0 Å². The van der Waals surface area contributed by atoms with E-state index < -0.39 is 0 Å². The van der Waals surface area contributed by atoms with Gasteiger partial charge in [-0.2, -0.15) is 0 Å². The molecular formula is C18H25FN4O. The van der Waals surface area contributed by atoms with Gasteiger partial charge in [0.25, 0.3) is 0 Å². The van der Waals surface area contributed by atoms with Crippen molar-refractivity contribution in [1.82, 2.24) is 10.6 Å².